The first-order valence-corrected chi connectivity index (χ1v) is 15.0. The average Bonchev–Trinajstić information content (AvgIpc) is 3.68. The largest absolute Gasteiger partial charge is 0.456 e. The van der Waals surface area contributed by atoms with Gasteiger partial charge in [-0.25, -0.2) is 0 Å². The summed E-state index contributed by atoms with van der Waals surface area (Å²) in [5.74, 6) is 0. The maximum Gasteiger partial charge on any atom is 0.143 e. The van der Waals surface area contributed by atoms with Crippen LogP contribution in [0.5, 0.6) is 0 Å². The molecule has 4 nitrogen and oxygen atoms in total. The first kappa shape index (κ1) is 25.4. The third-order valence-corrected chi connectivity index (χ3v) is 8.57. The van der Waals surface area contributed by atoms with Crippen LogP contribution >= 0.6 is 0 Å². The minimum Gasteiger partial charge on any atom is -0.456 e. The fourth-order valence-corrected chi connectivity index (χ4v) is 6.49. The predicted molar refractivity (Wildman–Crippen MR) is 184 cm³/mol. The van der Waals surface area contributed by atoms with Gasteiger partial charge in [0.1, 0.15) is 22.3 Å². The van der Waals surface area contributed by atoms with Gasteiger partial charge in [0.15, 0.2) is 0 Å². The van der Waals surface area contributed by atoms with Crippen LogP contribution in [0.4, 0.5) is 17.1 Å². The zero-order chi connectivity index (χ0) is 29.7. The Bertz CT molecular complexity index is 2490. The Morgan fingerprint density at radius 3 is 2.11 bits per heavy atom. The van der Waals surface area contributed by atoms with Crippen LogP contribution in [0.1, 0.15) is 0 Å². The highest BCUT2D eigenvalue weighted by Gasteiger charge is 2.20. The van der Waals surface area contributed by atoms with Crippen molar-refractivity contribution in [2.45, 2.75) is 0 Å². The van der Waals surface area contributed by atoms with E-state index < -0.39 is 0 Å². The van der Waals surface area contributed by atoms with E-state index in [9.17, 15) is 0 Å². The summed E-state index contributed by atoms with van der Waals surface area (Å²) in [5, 5.41) is 4.27. The highest BCUT2D eigenvalue weighted by molar-refractivity contribution is 6.13. The van der Waals surface area contributed by atoms with E-state index in [0.717, 1.165) is 77.6 Å². The molecule has 0 spiro atoms. The molecule has 0 aliphatic rings. The lowest BCUT2D eigenvalue weighted by Crippen LogP contribution is -2.10. The fraction of sp³-hybridized carbons (Fsp3) is 0. The number of fused-ring (bicyclic) bond motifs is 6. The summed E-state index contributed by atoms with van der Waals surface area (Å²) < 4.78 is 12.6. The topological polar surface area (TPSA) is 42.4 Å². The van der Waals surface area contributed by atoms with Gasteiger partial charge in [-0.1, -0.05) is 97.1 Å². The van der Waals surface area contributed by atoms with E-state index in [0.29, 0.717) is 0 Å². The minimum absolute atomic E-state index is 0.819. The Kier molecular flexibility index (Phi) is 5.78. The van der Waals surface area contributed by atoms with E-state index in [1.807, 2.05) is 36.5 Å². The van der Waals surface area contributed by atoms with Crippen molar-refractivity contribution < 1.29 is 8.83 Å². The van der Waals surface area contributed by atoms with Gasteiger partial charge in [-0.05, 0) is 65.2 Å². The molecular weight excluding hydrogens is 552 g/mol. The van der Waals surface area contributed by atoms with Crippen molar-refractivity contribution in [2.24, 2.45) is 0 Å². The second-order valence-electron chi connectivity index (χ2n) is 11.2. The molecule has 3 heterocycles. The van der Waals surface area contributed by atoms with E-state index in [2.05, 4.69) is 125 Å². The molecule has 0 saturated carbocycles. The van der Waals surface area contributed by atoms with Gasteiger partial charge in [-0.2, -0.15) is 0 Å². The maximum absolute atomic E-state index is 6.36. The van der Waals surface area contributed by atoms with E-state index >= 15 is 0 Å². The molecule has 0 unspecified atom stereocenters. The number of para-hydroxylation sites is 2. The van der Waals surface area contributed by atoms with Crippen molar-refractivity contribution >= 4 is 60.9 Å². The zero-order valence-electron chi connectivity index (χ0n) is 24.2. The quantitative estimate of drug-likeness (QED) is 0.204. The maximum atomic E-state index is 6.36. The number of hydrogen-bond acceptors (Lipinski definition) is 4. The number of nitrogens with zero attached hydrogens (tertiary/aromatic N) is 2. The standard InChI is InChI=1S/C41H26N2O2/c1-2-9-27(10-3-1)29-11-6-12-31(25-29)43(36-16-8-18-39-40(36)35-26-42-24-23-38(35)44-39)30-21-19-28(20-22-30)32-14-7-15-34-33-13-4-5-17-37(33)45-41(32)34/h1-26H. The Morgan fingerprint density at radius 1 is 0.467 bits per heavy atom. The second-order valence-corrected chi connectivity index (χ2v) is 11.2. The molecule has 0 bridgehead atoms. The molecule has 0 atom stereocenters. The molecule has 0 fully saturated rings. The molecule has 3 aromatic heterocycles. The molecule has 212 valence electrons. The van der Waals surface area contributed by atoms with E-state index in [4.69, 9.17) is 8.83 Å². The highest BCUT2D eigenvalue weighted by Crippen LogP contribution is 2.44. The molecule has 0 radical (unpaired) electrons. The van der Waals surface area contributed by atoms with E-state index in [-0.39, 0.29) is 0 Å². The smallest absolute Gasteiger partial charge is 0.143 e. The first-order valence-electron chi connectivity index (χ1n) is 15.0. The highest BCUT2D eigenvalue weighted by atomic mass is 16.3. The summed E-state index contributed by atoms with van der Waals surface area (Å²) in [6, 6.07) is 50.6. The SMILES string of the molecule is c1ccc(-c2cccc(N(c3ccc(-c4cccc5c4oc4ccccc45)cc3)c3cccc4oc5ccncc5c34)c2)cc1. The normalized spacial score (nSPS) is 11.6. The second kappa shape index (κ2) is 10.2. The average molecular weight is 579 g/mol. The van der Waals surface area contributed by atoms with Gasteiger partial charge >= 0.3 is 0 Å². The lowest BCUT2D eigenvalue weighted by atomic mass is 10.0. The zero-order valence-corrected chi connectivity index (χ0v) is 24.2. The Morgan fingerprint density at radius 2 is 1.20 bits per heavy atom. The van der Waals surface area contributed by atoms with Crippen LogP contribution < -0.4 is 4.90 Å². The molecule has 6 aromatic carbocycles. The summed E-state index contributed by atoms with van der Waals surface area (Å²) in [6.45, 7) is 0. The fourth-order valence-electron chi connectivity index (χ4n) is 6.49. The van der Waals surface area contributed by atoms with Crippen LogP contribution in [0.25, 0.3) is 66.1 Å². The molecule has 4 heteroatoms. The summed E-state index contributed by atoms with van der Waals surface area (Å²) in [4.78, 5) is 6.74. The molecule has 0 aliphatic heterocycles. The summed E-state index contributed by atoms with van der Waals surface area (Å²) in [5.41, 5.74) is 11.0. The third-order valence-electron chi connectivity index (χ3n) is 8.57. The van der Waals surface area contributed by atoms with E-state index in [1.54, 1.807) is 6.20 Å². The summed E-state index contributed by atoms with van der Waals surface area (Å²) >= 11 is 0. The third kappa shape index (κ3) is 4.19. The van der Waals surface area contributed by atoms with Gasteiger partial charge in [-0.15, -0.1) is 0 Å². The Labute approximate surface area is 259 Å². The number of hydrogen-bond donors (Lipinski definition) is 0. The number of aromatic nitrogens is 1. The predicted octanol–water partition coefficient (Wildman–Crippen LogP) is 11.7. The van der Waals surface area contributed by atoms with Gasteiger partial charge in [0.25, 0.3) is 0 Å². The van der Waals surface area contributed by atoms with Gasteiger partial charge in [0.05, 0.1) is 11.1 Å². The van der Waals surface area contributed by atoms with Crippen LogP contribution in [-0.2, 0) is 0 Å². The number of furan rings is 2. The first-order chi connectivity index (χ1) is 22.3. The van der Waals surface area contributed by atoms with Crippen LogP contribution in [0.2, 0.25) is 0 Å². The molecular formula is C41H26N2O2. The number of anilines is 3. The summed E-state index contributed by atoms with van der Waals surface area (Å²) in [6.07, 6.45) is 3.66. The van der Waals surface area contributed by atoms with Crippen molar-refractivity contribution in [1.29, 1.82) is 0 Å². The van der Waals surface area contributed by atoms with Gasteiger partial charge < -0.3 is 13.7 Å². The molecule has 45 heavy (non-hydrogen) atoms. The Balaban J connectivity index is 1.23. The van der Waals surface area contributed by atoms with Crippen LogP contribution in [0.3, 0.4) is 0 Å². The Hall–Kier alpha value is -6.13. The van der Waals surface area contributed by atoms with Crippen LogP contribution in [0, 0.1) is 0 Å². The number of rotatable bonds is 5. The molecule has 0 amide bonds. The van der Waals surface area contributed by atoms with Gasteiger partial charge in [0.2, 0.25) is 0 Å². The molecule has 0 N–H and O–H groups in total. The number of benzene rings is 6. The van der Waals surface area contributed by atoms with E-state index in [1.165, 1.54) is 5.56 Å². The van der Waals surface area contributed by atoms with Crippen molar-refractivity contribution in [1.82, 2.24) is 4.98 Å². The molecule has 0 aliphatic carbocycles. The van der Waals surface area contributed by atoms with Crippen molar-refractivity contribution in [3.05, 3.63) is 158 Å². The van der Waals surface area contributed by atoms with Gasteiger partial charge in [0, 0.05) is 45.5 Å². The molecule has 0 saturated heterocycles. The monoisotopic (exact) mass is 578 g/mol. The minimum atomic E-state index is 0.819. The van der Waals surface area contributed by atoms with Crippen molar-refractivity contribution in [3.8, 4) is 22.3 Å². The van der Waals surface area contributed by atoms with Crippen molar-refractivity contribution in [3.63, 3.8) is 0 Å². The number of pyridine rings is 1. The van der Waals surface area contributed by atoms with Crippen LogP contribution in [-0.4, -0.2) is 4.98 Å². The van der Waals surface area contributed by atoms with Crippen LogP contribution in [0.15, 0.2) is 167 Å². The lowest BCUT2D eigenvalue weighted by molar-refractivity contribution is 0.668. The molecule has 9 aromatic rings. The van der Waals surface area contributed by atoms with Crippen molar-refractivity contribution in [2.75, 3.05) is 4.90 Å². The molecule has 9 rings (SSSR count). The lowest BCUT2D eigenvalue weighted by Gasteiger charge is -2.27. The van der Waals surface area contributed by atoms with Gasteiger partial charge in [-0.3, -0.25) is 4.98 Å². The summed E-state index contributed by atoms with van der Waals surface area (Å²) in [7, 11) is 0.